The second-order valence-corrected chi connectivity index (χ2v) is 6.84. The first kappa shape index (κ1) is 22.1. The second kappa shape index (κ2) is 8.03. The van der Waals surface area contributed by atoms with Crippen molar-refractivity contribution in [3.8, 4) is 0 Å². The van der Waals surface area contributed by atoms with Crippen LogP contribution in [0, 0.1) is 6.92 Å². The molecule has 0 aliphatic rings. The molecule has 0 aliphatic carbocycles. The van der Waals surface area contributed by atoms with Crippen molar-refractivity contribution in [2.75, 3.05) is 0 Å². The fourth-order valence-electron chi connectivity index (χ4n) is 2.69. The maximum atomic E-state index is 14.6. The molecule has 0 saturated heterocycles. The zero-order chi connectivity index (χ0) is 21.3. The van der Waals surface area contributed by atoms with E-state index >= 15 is 0 Å². The zero-order valence-electron chi connectivity index (χ0n) is 15.0. The molecule has 2 aromatic carbocycles. The fraction of sp³-hybridized carbons (Fsp3) is 0.238. The molecule has 0 radical (unpaired) electrons. The zero-order valence-corrected chi connectivity index (χ0v) is 15.8. The van der Waals surface area contributed by atoms with Gasteiger partial charge in [0.1, 0.15) is 11.7 Å². The standard InChI is InChI=1S/C21H17ClF6/c1-4-13-7-8-15(9-16(13)20(3,24)25)19(23)11-17(21(26,27)28)14-6-5-12(2)18(22)10-14/h4-11,17H,1H2,2-3H3/b19-11-. The van der Waals surface area contributed by atoms with E-state index in [9.17, 15) is 26.3 Å². The molecule has 0 heterocycles. The summed E-state index contributed by atoms with van der Waals surface area (Å²) in [6.45, 7) is 5.65. The quantitative estimate of drug-likeness (QED) is 0.431. The van der Waals surface area contributed by atoms with Gasteiger partial charge in [-0.1, -0.05) is 48.5 Å². The molecule has 0 amide bonds. The highest BCUT2D eigenvalue weighted by Gasteiger charge is 2.40. The van der Waals surface area contributed by atoms with Gasteiger partial charge >= 0.3 is 6.18 Å². The number of aryl methyl sites for hydroxylation is 1. The van der Waals surface area contributed by atoms with E-state index in [1.807, 2.05) is 0 Å². The number of allylic oxidation sites excluding steroid dienone is 1. The molecular weight excluding hydrogens is 402 g/mol. The minimum Gasteiger partial charge on any atom is -0.207 e. The molecule has 0 nitrogen and oxygen atoms in total. The lowest BCUT2D eigenvalue weighted by Crippen LogP contribution is -2.19. The van der Waals surface area contributed by atoms with E-state index in [0.29, 0.717) is 18.6 Å². The van der Waals surface area contributed by atoms with Crippen LogP contribution in [0.3, 0.4) is 0 Å². The van der Waals surface area contributed by atoms with E-state index in [2.05, 4.69) is 6.58 Å². The SMILES string of the molecule is C=Cc1ccc(/C(F)=C/C(c2ccc(C)c(Cl)c2)C(F)(F)F)cc1C(C)(F)F. The molecular formula is C21H17ClF6. The van der Waals surface area contributed by atoms with E-state index in [0.717, 1.165) is 18.2 Å². The van der Waals surface area contributed by atoms with Gasteiger partial charge in [0, 0.05) is 23.1 Å². The summed E-state index contributed by atoms with van der Waals surface area (Å²) < 4.78 is 82.7. The minimum absolute atomic E-state index is 0.0711. The van der Waals surface area contributed by atoms with E-state index < -0.39 is 29.4 Å². The first-order valence-corrected chi connectivity index (χ1v) is 8.57. The number of hydrogen-bond donors (Lipinski definition) is 0. The summed E-state index contributed by atoms with van der Waals surface area (Å²) in [6.07, 6.45) is -3.26. The fourth-order valence-corrected chi connectivity index (χ4v) is 2.88. The van der Waals surface area contributed by atoms with Crippen LogP contribution in [0.25, 0.3) is 11.9 Å². The molecule has 1 atom stereocenters. The molecule has 150 valence electrons. The van der Waals surface area contributed by atoms with Crippen LogP contribution >= 0.6 is 11.6 Å². The summed E-state index contributed by atoms with van der Waals surface area (Å²) in [5.41, 5.74) is -0.505. The summed E-state index contributed by atoms with van der Waals surface area (Å²) in [6, 6.07) is 6.87. The van der Waals surface area contributed by atoms with Crippen LogP contribution < -0.4 is 0 Å². The summed E-state index contributed by atoms with van der Waals surface area (Å²) >= 11 is 5.89. The Morgan fingerprint density at radius 1 is 1.07 bits per heavy atom. The molecule has 0 bridgehead atoms. The maximum Gasteiger partial charge on any atom is 0.399 e. The smallest absolute Gasteiger partial charge is 0.207 e. The second-order valence-electron chi connectivity index (χ2n) is 6.44. The van der Waals surface area contributed by atoms with Gasteiger partial charge in [-0.05, 0) is 41.8 Å². The predicted molar refractivity (Wildman–Crippen MR) is 100 cm³/mol. The minimum atomic E-state index is -4.80. The third-order valence-corrected chi connectivity index (χ3v) is 4.65. The molecule has 28 heavy (non-hydrogen) atoms. The first-order chi connectivity index (χ1) is 12.8. The van der Waals surface area contributed by atoms with Gasteiger partial charge in [-0.3, -0.25) is 0 Å². The molecule has 1 unspecified atom stereocenters. The molecule has 0 spiro atoms. The van der Waals surface area contributed by atoms with Crippen molar-refractivity contribution in [3.63, 3.8) is 0 Å². The van der Waals surface area contributed by atoms with Crippen molar-refractivity contribution in [2.24, 2.45) is 0 Å². The third kappa shape index (κ3) is 4.98. The molecule has 2 aromatic rings. The first-order valence-electron chi connectivity index (χ1n) is 8.20. The molecule has 0 fully saturated rings. The maximum absolute atomic E-state index is 14.6. The number of hydrogen-bond acceptors (Lipinski definition) is 0. The van der Waals surface area contributed by atoms with E-state index in [4.69, 9.17) is 11.6 Å². The summed E-state index contributed by atoms with van der Waals surface area (Å²) in [7, 11) is 0. The highest BCUT2D eigenvalue weighted by atomic mass is 35.5. The van der Waals surface area contributed by atoms with Crippen LogP contribution in [0.4, 0.5) is 26.3 Å². The van der Waals surface area contributed by atoms with Crippen molar-refractivity contribution in [2.45, 2.75) is 31.9 Å². The lowest BCUT2D eigenvalue weighted by molar-refractivity contribution is -0.139. The topological polar surface area (TPSA) is 0 Å². The van der Waals surface area contributed by atoms with Crippen molar-refractivity contribution in [1.82, 2.24) is 0 Å². The van der Waals surface area contributed by atoms with Crippen LogP contribution in [-0.2, 0) is 5.92 Å². The Bertz CT molecular complexity index is 906. The molecule has 0 aromatic heterocycles. The summed E-state index contributed by atoms with van der Waals surface area (Å²) in [5.74, 6) is -6.86. The van der Waals surface area contributed by atoms with Crippen LogP contribution in [0.1, 0.15) is 40.7 Å². The predicted octanol–water partition coefficient (Wildman–Crippen LogP) is 8.06. The largest absolute Gasteiger partial charge is 0.399 e. The van der Waals surface area contributed by atoms with Gasteiger partial charge in [-0.15, -0.1) is 0 Å². The van der Waals surface area contributed by atoms with Gasteiger partial charge in [0.2, 0.25) is 0 Å². The van der Waals surface area contributed by atoms with Gasteiger partial charge in [0.25, 0.3) is 5.92 Å². The Hall–Kier alpha value is -2.21. The van der Waals surface area contributed by atoms with Crippen LogP contribution in [0.15, 0.2) is 49.1 Å². The highest BCUT2D eigenvalue weighted by Crippen LogP contribution is 2.40. The Labute approximate surface area is 164 Å². The molecule has 0 aliphatic heterocycles. The average Bonchev–Trinajstić information content (AvgIpc) is 2.59. The molecule has 7 heteroatoms. The van der Waals surface area contributed by atoms with Gasteiger partial charge in [-0.25, -0.2) is 13.2 Å². The number of benzene rings is 2. The van der Waals surface area contributed by atoms with E-state index in [1.54, 1.807) is 6.92 Å². The third-order valence-electron chi connectivity index (χ3n) is 4.24. The molecule has 0 N–H and O–H groups in total. The van der Waals surface area contributed by atoms with Crippen molar-refractivity contribution in [1.29, 1.82) is 0 Å². The van der Waals surface area contributed by atoms with Gasteiger partial charge < -0.3 is 0 Å². The van der Waals surface area contributed by atoms with Crippen molar-refractivity contribution in [3.05, 3.63) is 81.9 Å². The number of halogens is 7. The molecule has 0 saturated carbocycles. The number of alkyl halides is 5. The Morgan fingerprint density at radius 3 is 2.21 bits per heavy atom. The monoisotopic (exact) mass is 418 g/mol. The normalized spacial score (nSPS) is 14.1. The van der Waals surface area contributed by atoms with E-state index in [1.165, 1.54) is 24.3 Å². The average molecular weight is 419 g/mol. The lowest BCUT2D eigenvalue weighted by atomic mass is 9.94. The Balaban J connectivity index is 2.56. The Morgan fingerprint density at radius 2 is 1.71 bits per heavy atom. The molecule has 2 rings (SSSR count). The van der Waals surface area contributed by atoms with Crippen LogP contribution in [-0.4, -0.2) is 6.18 Å². The van der Waals surface area contributed by atoms with Gasteiger partial charge in [0.15, 0.2) is 0 Å². The summed E-state index contributed by atoms with van der Waals surface area (Å²) in [4.78, 5) is 0. The van der Waals surface area contributed by atoms with Gasteiger partial charge in [0.05, 0.1) is 0 Å². The van der Waals surface area contributed by atoms with Crippen LogP contribution in [0.5, 0.6) is 0 Å². The van der Waals surface area contributed by atoms with E-state index in [-0.39, 0.29) is 21.7 Å². The van der Waals surface area contributed by atoms with Gasteiger partial charge in [-0.2, -0.15) is 13.2 Å². The number of rotatable bonds is 5. The van der Waals surface area contributed by atoms with Crippen molar-refractivity contribution < 1.29 is 26.3 Å². The van der Waals surface area contributed by atoms with Crippen LogP contribution in [0.2, 0.25) is 5.02 Å². The summed E-state index contributed by atoms with van der Waals surface area (Å²) in [5, 5.41) is 0.115. The Kier molecular flexibility index (Phi) is 6.34. The lowest BCUT2D eigenvalue weighted by Gasteiger charge is -2.19. The highest BCUT2D eigenvalue weighted by molar-refractivity contribution is 6.31. The van der Waals surface area contributed by atoms with Crippen molar-refractivity contribution >= 4 is 23.5 Å².